The molecular formula is C29H35FN6O2Si. The summed E-state index contributed by atoms with van der Waals surface area (Å²) >= 11 is 0. The lowest BCUT2D eigenvalue weighted by atomic mass is 9.98. The Morgan fingerprint density at radius 2 is 1.95 bits per heavy atom. The van der Waals surface area contributed by atoms with E-state index in [-0.39, 0.29) is 11.9 Å². The molecule has 0 saturated heterocycles. The van der Waals surface area contributed by atoms with Crippen LogP contribution >= 0.6 is 0 Å². The second-order valence-electron chi connectivity index (χ2n) is 11.4. The molecule has 5 rings (SSSR count). The zero-order chi connectivity index (χ0) is 27.9. The monoisotopic (exact) mass is 546 g/mol. The Morgan fingerprint density at radius 3 is 2.64 bits per heavy atom. The van der Waals surface area contributed by atoms with Crippen LogP contribution in [-0.2, 0) is 18.0 Å². The molecule has 0 aliphatic carbocycles. The number of fused-ring (bicyclic) bond motifs is 2. The molecule has 10 heteroatoms. The van der Waals surface area contributed by atoms with Crippen molar-refractivity contribution in [3.8, 4) is 17.3 Å². The second-order valence-corrected chi connectivity index (χ2v) is 17.0. The van der Waals surface area contributed by atoms with Crippen LogP contribution in [0.4, 0.5) is 10.1 Å². The number of aryl methyl sites for hydroxylation is 1. The van der Waals surface area contributed by atoms with Crippen LogP contribution in [0.3, 0.4) is 0 Å². The van der Waals surface area contributed by atoms with Crippen LogP contribution in [-0.4, -0.2) is 59.6 Å². The first-order chi connectivity index (χ1) is 18.6. The molecule has 0 spiro atoms. The fourth-order valence-electron chi connectivity index (χ4n) is 5.19. The predicted octanol–water partition coefficient (Wildman–Crippen LogP) is 6.25. The van der Waals surface area contributed by atoms with Gasteiger partial charge in [-0.25, -0.2) is 18.9 Å². The average Bonchev–Trinajstić information content (AvgIpc) is 3.47. The molecule has 1 atom stereocenters. The number of benzene rings is 2. The standard InChI is InChI=1S/C29H35FN6O2Si/c1-19-16-20(30)8-9-21(19)26-29-32-28(33-36(29)13-12-34(26)3)25-17-22-24(11-10-23(31-2)27(22)37-4)35(25)18-38-14-15-39(5,6)7/h8-11,16-17,26H,12-15,18H2,1,3-7H3. The van der Waals surface area contributed by atoms with Crippen molar-refractivity contribution in [1.82, 2.24) is 24.2 Å². The summed E-state index contributed by atoms with van der Waals surface area (Å²) in [6.45, 7) is 19.0. The van der Waals surface area contributed by atoms with Crippen molar-refractivity contribution in [2.45, 2.75) is 51.9 Å². The average molecular weight is 547 g/mol. The van der Waals surface area contributed by atoms with E-state index in [1.165, 1.54) is 6.07 Å². The van der Waals surface area contributed by atoms with E-state index in [0.29, 0.717) is 37.1 Å². The van der Waals surface area contributed by atoms with Gasteiger partial charge in [-0.1, -0.05) is 31.8 Å². The molecule has 1 aliphatic rings. The van der Waals surface area contributed by atoms with Gasteiger partial charge in [0.2, 0.25) is 5.69 Å². The molecule has 0 bridgehead atoms. The number of rotatable bonds is 8. The smallest absolute Gasteiger partial charge is 0.228 e. The third-order valence-electron chi connectivity index (χ3n) is 7.36. The van der Waals surface area contributed by atoms with Crippen molar-refractivity contribution in [3.05, 3.63) is 70.6 Å². The minimum Gasteiger partial charge on any atom is -0.507 e. The lowest BCUT2D eigenvalue weighted by Crippen LogP contribution is -2.36. The molecule has 8 nitrogen and oxygen atoms in total. The highest BCUT2D eigenvalue weighted by atomic mass is 28.3. The third kappa shape index (κ3) is 5.22. The van der Waals surface area contributed by atoms with Gasteiger partial charge in [0, 0.05) is 26.6 Å². The van der Waals surface area contributed by atoms with Crippen LogP contribution in [0.25, 0.3) is 27.3 Å². The van der Waals surface area contributed by atoms with Crippen LogP contribution in [0.1, 0.15) is 23.0 Å². The molecule has 2 aromatic carbocycles. The van der Waals surface area contributed by atoms with E-state index in [9.17, 15) is 4.39 Å². The van der Waals surface area contributed by atoms with E-state index >= 15 is 0 Å². The number of ether oxygens (including phenoxy) is 2. The van der Waals surface area contributed by atoms with E-state index < -0.39 is 8.07 Å². The van der Waals surface area contributed by atoms with Crippen LogP contribution in [0, 0.1) is 19.3 Å². The number of nitrogens with zero attached hydrogens (tertiary/aromatic N) is 6. The number of halogens is 1. The van der Waals surface area contributed by atoms with Crippen molar-refractivity contribution >= 4 is 24.7 Å². The summed E-state index contributed by atoms with van der Waals surface area (Å²) in [7, 11) is 2.41. The van der Waals surface area contributed by atoms with Gasteiger partial charge in [0.25, 0.3) is 0 Å². The fraction of sp³-hybridized carbons (Fsp3) is 0.414. The molecule has 4 aromatic rings. The summed E-state index contributed by atoms with van der Waals surface area (Å²) < 4.78 is 29.8. The largest absolute Gasteiger partial charge is 0.507 e. The molecule has 2 aromatic heterocycles. The van der Waals surface area contributed by atoms with E-state index in [1.54, 1.807) is 19.2 Å². The Hall–Kier alpha value is -3.52. The maximum absolute atomic E-state index is 13.9. The van der Waals surface area contributed by atoms with Gasteiger partial charge in [-0.15, -0.1) is 5.10 Å². The molecule has 1 aliphatic heterocycles. The molecule has 39 heavy (non-hydrogen) atoms. The summed E-state index contributed by atoms with van der Waals surface area (Å²) in [4.78, 5) is 10.9. The number of aromatic nitrogens is 4. The van der Waals surface area contributed by atoms with Gasteiger partial charge >= 0.3 is 0 Å². The highest BCUT2D eigenvalue weighted by Crippen LogP contribution is 2.40. The second kappa shape index (κ2) is 10.6. The van der Waals surface area contributed by atoms with Crippen molar-refractivity contribution in [3.63, 3.8) is 0 Å². The fourth-order valence-corrected chi connectivity index (χ4v) is 5.95. The van der Waals surface area contributed by atoms with Gasteiger partial charge in [-0.2, -0.15) is 0 Å². The molecular weight excluding hydrogens is 511 g/mol. The zero-order valence-corrected chi connectivity index (χ0v) is 24.5. The summed E-state index contributed by atoms with van der Waals surface area (Å²) in [5, 5.41) is 5.76. The van der Waals surface area contributed by atoms with Crippen molar-refractivity contribution in [1.29, 1.82) is 0 Å². The van der Waals surface area contributed by atoms with Crippen LogP contribution in [0.2, 0.25) is 25.7 Å². The van der Waals surface area contributed by atoms with E-state index in [0.717, 1.165) is 46.1 Å². The summed E-state index contributed by atoms with van der Waals surface area (Å²) in [5.41, 5.74) is 4.05. The Balaban J connectivity index is 1.61. The first-order valence-corrected chi connectivity index (χ1v) is 16.9. The lowest BCUT2D eigenvalue weighted by molar-refractivity contribution is 0.0912. The van der Waals surface area contributed by atoms with E-state index in [4.69, 9.17) is 26.1 Å². The van der Waals surface area contributed by atoms with Gasteiger partial charge in [0.1, 0.15) is 24.1 Å². The lowest BCUT2D eigenvalue weighted by Gasteiger charge is -2.33. The Labute approximate surface area is 229 Å². The topological polar surface area (TPSA) is 61.7 Å². The van der Waals surface area contributed by atoms with Crippen LogP contribution in [0.15, 0.2) is 36.4 Å². The van der Waals surface area contributed by atoms with Gasteiger partial charge < -0.3 is 14.0 Å². The van der Waals surface area contributed by atoms with Gasteiger partial charge in [-0.05, 0) is 55.4 Å². The molecule has 0 amide bonds. The first-order valence-electron chi connectivity index (χ1n) is 13.2. The maximum Gasteiger partial charge on any atom is 0.228 e. The highest BCUT2D eigenvalue weighted by molar-refractivity contribution is 6.76. The Morgan fingerprint density at radius 1 is 1.15 bits per heavy atom. The maximum atomic E-state index is 13.9. The Kier molecular flexibility index (Phi) is 7.33. The quantitative estimate of drug-likeness (QED) is 0.148. The molecule has 0 N–H and O–H groups in total. The predicted molar refractivity (Wildman–Crippen MR) is 153 cm³/mol. The summed E-state index contributed by atoms with van der Waals surface area (Å²) in [5.74, 6) is 1.69. The Bertz CT molecular complexity index is 1560. The van der Waals surface area contributed by atoms with E-state index in [1.807, 2.05) is 29.8 Å². The van der Waals surface area contributed by atoms with Crippen molar-refractivity contribution < 1.29 is 13.9 Å². The summed E-state index contributed by atoms with van der Waals surface area (Å²) in [6.07, 6.45) is 0. The minimum atomic E-state index is -1.24. The normalized spacial score (nSPS) is 15.9. The molecule has 204 valence electrons. The summed E-state index contributed by atoms with van der Waals surface area (Å²) in [6, 6.07) is 11.5. The van der Waals surface area contributed by atoms with Gasteiger partial charge in [0.05, 0.1) is 37.5 Å². The molecule has 1 unspecified atom stereocenters. The number of methoxy groups -OCH3 is 1. The molecule has 0 saturated carbocycles. The number of likely N-dealkylation sites (N-methyl/N-ethyl adjacent to an activating group) is 1. The van der Waals surface area contributed by atoms with Crippen LogP contribution in [0.5, 0.6) is 5.75 Å². The molecule has 0 fully saturated rings. The highest BCUT2D eigenvalue weighted by Gasteiger charge is 2.32. The minimum absolute atomic E-state index is 0.144. The molecule has 3 heterocycles. The van der Waals surface area contributed by atoms with Gasteiger partial charge in [-0.3, -0.25) is 4.90 Å². The third-order valence-corrected chi connectivity index (χ3v) is 9.07. The van der Waals surface area contributed by atoms with Crippen molar-refractivity contribution in [2.24, 2.45) is 0 Å². The molecule has 0 radical (unpaired) electrons. The van der Waals surface area contributed by atoms with Gasteiger partial charge in [0.15, 0.2) is 5.82 Å². The first kappa shape index (κ1) is 27.1. The van der Waals surface area contributed by atoms with Crippen molar-refractivity contribution in [2.75, 3.05) is 27.3 Å². The zero-order valence-electron chi connectivity index (χ0n) is 23.5. The SMILES string of the molecule is [C-]#[N+]c1ccc2c(cc(-c3nc4n(n3)CCN(C)C4c3ccc(F)cc3C)n2COCC[Si](C)(C)C)c1OC. The van der Waals surface area contributed by atoms with E-state index in [2.05, 4.69) is 41.0 Å². The van der Waals surface area contributed by atoms with Crippen LogP contribution < -0.4 is 4.74 Å². The number of hydrogen-bond donors (Lipinski definition) is 0. The number of hydrogen-bond acceptors (Lipinski definition) is 5.